The molecule has 6 nitrogen and oxygen atoms in total. The Hall–Kier alpha value is -3.54. The van der Waals surface area contributed by atoms with E-state index in [2.05, 4.69) is 9.97 Å². The maximum absolute atomic E-state index is 10.4. The Morgan fingerprint density at radius 1 is 0.920 bits per heavy atom. The molecule has 1 heterocycles. The number of imidazole rings is 1. The van der Waals surface area contributed by atoms with Crippen molar-refractivity contribution in [2.45, 2.75) is 6.42 Å². The standard InChI is InChI=1S/C7H6N2.2C6H6O2/c1-2-4-7-6(3-1)8-5-9-7;2*7-5-3-1-2-4-6(5)8/h1-5H,(H,8,9);1,3-4,8H,2H2;1-4,7-8H. The van der Waals surface area contributed by atoms with Gasteiger partial charge in [0.15, 0.2) is 17.3 Å². The fourth-order valence-corrected chi connectivity index (χ4v) is 1.88. The van der Waals surface area contributed by atoms with Crippen molar-refractivity contribution in [3.8, 4) is 11.5 Å². The number of carbonyl (C=O) groups is 1. The maximum Gasteiger partial charge on any atom is 0.219 e. The van der Waals surface area contributed by atoms with Crippen LogP contribution in [-0.4, -0.2) is 31.1 Å². The first-order valence-corrected chi connectivity index (χ1v) is 7.53. The van der Waals surface area contributed by atoms with Crippen LogP contribution in [-0.2, 0) is 4.79 Å². The Bertz CT molecular complexity index is 846. The highest BCUT2D eigenvalue weighted by Crippen LogP contribution is 2.21. The van der Waals surface area contributed by atoms with E-state index in [1.165, 1.54) is 24.3 Å². The molecule has 1 aliphatic carbocycles. The van der Waals surface area contributed by atoms with E-state index in [0.29, 0.717) is 6.42 Å². The second kappa shape index (κ2) is 8.93. The first-order valence-electron chi connectivity index (χ1n) is 7.53. The number of rotatable bonds is 0. The molecule has 3 aromatic rings. The molecule has 128 valence electrons. The Morgan fingerprint density at radius 2 is 1.56 bits per heavy atom. The molecule has 1 aliphatic rings. The zero-order valence-corrected chi connectivity index (χ0v) is 13.3. The van der Waals surface area contributed by atoms with Gasteiger partial charge in [-0.05, 0) is 42.8 Å². The van der Waals surface area contributed by atoms with Gasteiger partial charge in [0.2, 0.25) is 5.78 Å². The second-order valence-corrected chi connectivity index (χ2v) is 5.00. The van der Waals surface area contributed by atoms with Crippen LogP contribution >= 0.6 is 0 Å². The number of nitrogens with zero attached hydrogens (tertiary/aromatic N) is 1. The highest BCUT2D eigenvalue weighted by atomic mass is 16.3. The monoisotopic (exact) mass is 338 g/mol. The fourth-order valence-electron chi connectivity index (χ4n) is 1.88. The Balaban J connectivity index is 0.000000136. The number of nitrogens with one attached hydrogen (secondary N) is 1. The van der Waals surface area contributed by atoms with Crippen LogP contribution in [0.2, 0.25) is 0 Å². The van der Waals surface area contributed by atoms with Crippen molar-refractivity contribution in [2.75, 3.05) is 0 Å². The molecule has 0 saturated carbocycles. The first kappa shape index (κ1) is 17.8. The van der Waals surface area contributed by atoms with Gasteiger partial charge in [-0.2, -0.15) is 0 Å². The van der Waals surface area contributed by atoms with E-state index in [9.17, 15) is 4.79 Å². The lowest BCUT2D eigenvalue weighted by Gasteiger charge is -1.96. The Morgan fingerprint density at radius 3 is 2.08 bits per heavy atom. The summed E-state index contributed by atoms with van der Waals surface area (Å²) in [7, 11) is 0. The van der Waals surface area contributed by atoms with E-state index in [0.717, 1.165) is 11.0 Å². The van der Waals surface area contributed by atoms with Crippen molar-refractivity contribution in [3.05, 3.63) is 78.8 Å². The molecule has 0 aliphatic heterocycles. The van der Waals surface area contributed by atoms with Gasteiger partial charge >= 0.3 is 0 Å². The van der Waals surface area contributed by atoms with Crippen molar-refractivity contribution in [3.63, 3.8) is 0 Å². The summed E-state index contributed by atoms with van der Waals surface area (Å²) in [6, 6.07) is 14.1. The summed E-state index contributed by atoms with van der Waals surface area (Å²) in [5.74, 6) is -0.580. The number of aromatic amines is 1. The number of aromatic hydroxyl groups is 2. The smallest absolute Gasteiger partial charge is 0.219 e. The van der Waals surface area contributed by atoms with Crippen molar-refractivity contribution in [1.29, 1.82) is 0 Å². The second-order valence-electron chi connectivity index (χ2n) is 5.00. The van der Waals surface area contributed by atoms with Gasteiger partial charge in [0.05, 0.1) is 17.4 Å². The Labute approximate surface area is 144 Å². The van der Waals surface area contributed by atoms with Gasteiger partial charge < -0.3 is 20.3 Å². The van der Waals surface area contributed by atoms with Gasteiger partial charge in [-0.15, -0.1) is 0 Å². The number of para-hydroxylation sites is 4. The summed E-state index contributed by atoms with van der Waals surface area (Å²) in [5.41, 5.74) is 2.12. The predicted octanol–water partition coefficient (Wildman–Crippen LogP) is 3.62. The molecule has 0 atom stereocenters. The van der Waals surface area contributed by atoms with Crippen molar-refractivity contribution < 1.29 is 20.1 Å². The number of H-pyrrole nitrogens is 1. The number of carbonyl (C=O) groups excluding carboxylic acids is 1. The van der Waals surface area contributed by atoms with Crippen LogP contribution in [0.15, 0.2) is 78.8 Å². The van der Waals surface area contributed by atoms with Crippen molar-refractivity contribution in [1.82, 2.24) is 9.97 Å². The zero-order chi connectivity index (χ0) is 18.1. The normalized spacial score (nSPS) is 12.5. The molecular formula is C19H18N2O4. The number of allylic oxidation sites excluding steroid dienone is 3. The van der Waals surface area contributed by atoms with E-state index < -0.39 is 0 Å². The molecule has 0 unspecified atom stereocenters. The van der Waals surface area contributed by atoms with E-state index in [1.807, 2.05) is 24.3 Å². The third-order valence-electron chi connectivity index (χ3n) is 3.18. The largest absolute Gasteiger partial charge is 0.504 e. The zero-order valence-electron chi connectivity index (χ0n) is 13.3. The summed E-state index contributed by atoms with van der Waals surface area (Å²) in [4.78, 5) is 17.5. The SMILES string of the molecule is O=C1C=CCC=C1O.Oc1ccccc1O.c1ccc2[nH]cnc2c1. The lowest BCUT2D eigenvalue weighted by atomic mass is 10.2. The topological polar surface area (TPSA) is 106 Å². The lowest BCUT2D eigenvalue weighted by Crippen LogP contribution is -1.99. The molecule has 4 N–H and O–H groups in total. The van der Waals surface area contributed by atoms with Crippen LogP contribution in [0.25, 0.3) is 11.0 Å². The van der Waals surface area contributed by atoms with Crippen LogP contribution in [0.5, 0.6) is 11.5 Å². The van der Waals surface area contributed by atoms with E-state index in [-0.39, 0.29) is 23.0 Å². The molecule has 0 bridgehead atoms. The first-order chi connectivity index (χ1) is 12.1. The van der Waals surface area contributed by atoms with Crippen molar-refractivity contribution >= 4 is 16.8 Å². The van der Waals surface area contributed by atoms with Gasteiger partial charge in [-0.25, -0.2) is 4.98 Å². The van der Waals surface area contributed by atoms with Crippen LogP contribution in [0, 0.1) is 0 Å². The van der Waals surface area contributed by atoms with Crippen LogP contribution in [0.1, 0.15) is 6.42 Å². The summed E-state index contributed by atoms with van der Waals surface area (Å²) in [5, 5.41) is 26.0. The van der Waals surface area contributed by atoms with Gasteiger partial charge in [0, 0.05) is 0 Å². The van der Waals surface area contributed by atoms with Crippen LogP contribution in [0.4, 0.5) is 0 Å². The summed E-state index contributed by atoms with van der Waals surface area (Å²) >= 11 is 0. The Kier molecular flexibility index (Phi) is 6.36. The molecule has 0 spiro atoms. The lowest BCUT2D eigenvalue weighted by molar-refractivity contribution is -0.113. The molecule has 0 radical (unpaired) electrons. The molecule has 0 saturated heterocycles. The summed E-state index contributed by atoms with van der Waals surface area (Å²) in [6.07, 6.45) is 6.93. The number of benzene rings is 2. The van der Waals surface area contributed by atoms with Gasteiger partial charge in [-0.3, -0.25) is 4.79 Å². The molecule has 25 heavy (non-hydrogen) atoms. The van der Waals surface area contributed by atoms with E-state index >= 15 is 0 Å². The number of hydrogen-bond donors (Lipinski definition) is 4. The summed E-state index contributed by atoms with van der Waals surface area (Å²) in [6.45, 7) is 0. The van der Waals surface area contributed by atoms with E-state index in [1.54, 1.807) is 24.5 Å². The quantitative estimate of drug-likeness (QED) is 0.468. The molecule has 1 aromatic heterocycles. The number of phenols is 2. The van der Waals surface area contributed by atoms with Gasteiger partial charge in [-0.1, -0.05) is 30.3 Å². The third kappa shape index (κ3) is 5.54. The van der Waals surface area contributed by atoms with Crippen LogP contribution in [0.3, 0.4) is 0 Å². The minimum absolute atomic E-state index is 0.0764. The van der Waals surface area contributed by atoms with Gasteiger partial charge in [0.1, 0.15) is 0 Å². The molecule has 0 fully saturated rings. The average Bonchev–Trinajstić information content (AvgIpc) is 3.10. The predicted molar refractivity (Wildman–Crippen MR) is 95.3 cm³/mol. The molecule has 4 rings (SSSR count). The summed E-state index contributed by atoms with van der Waals surface area (Å²) < 4.78 is 0. The number of ketones is 1. The van der Waals surface area contributed by atoms with E-state index in [4.69, 9.17) is 15.3 Å². The van der Waals surface area contributed by atoms with Crippen LogP contribution < -0.4 is 0 Å². The fraction of sp³-hybridized carbons (Fsp3) is 0.0526. The minimum atomic E-state index is -0.295. The number of fused-ring (bicyclic) bond motifs is 1. The highest BCUT2D eigenvalue weighted by Gasteiger charge is 2.03. The average molecular weight is 338 g/mol. The number of aliphatic hydroxyl groups is 1. The van der Waals surface area contributed by atoms with Crippen molar-refractivity contribution in [2.24, 2.45) is 0 Å². The third-order valence-corrected chi connectivity index (χ3v) is 3.18. The van der Waals surface area contributed by atoms with Gasteiger partial charge in [0.25, 0.3) is 0 Å². The highest BCUT2D eigenvalue weighted by molar-refractivity contribution is 6.02. The number of aliphatic hydroxyl groups excluding tert-OH is 1. The molecule has 6 heteroatoms. The molecule has 2 aromatic carbocycles. The molecular weight excluding hydrogens is 320 g/mol. The number of aromatic nitrogens is 2. The number of hydrogen-bond acceptors (Lipinski definition) is 5. The maximum atomic E-state index is 10.4. The number of phenolic OH excluding ortho intramolecular Hbond substituents is 2. The molecule has 0 amide bonds. The minimum Gasteiger partial charge on any atom is -0.504 e.